The lowest BCUT2D eigenvalue weighted by Gasteiger charge is -2.26. The second-order valence-corrected chi connectivity index (χ2v) is 6.21. The highest BCUT2D eigenvalue weighted by molar-refractivity contribution is 9.11. The number of aromatic nitrogens is 1. The summed E-state index contributed by atoms with van der Waals surface area (Å²) in [6.07, 6.45) is 2.81. The summed E-state index contributed by atoms with van der Waals surface area (Å²) in [4.78, 5) is 6.76. The Kier molecular flexibility index (Phi) is 6.44. The standard InChI is InChI=1S/C12H19Br2N3/c1-9(2)8-17(5-3-4-15)12-11(14)6-10(13)7-16-12/h6-7,9H,3-5,8,15H2,1-2H3. The van der Waals surface area contributed by atoms with Gasteiger partial charge in [-0.05, 0) is 56.8 Å². The van der Waals surface area contributed by atoms with Crippen molar-refractivity contribution >= 4 is 37.7 Å². The van der Waals surface area contributed by atoms with Crippen molar-refractivity contribution in [3.05, 3.63) is 21.2 Å². The van der Waals surface area contributed by atoms with E-state index in [-0.39, 0.29) is 0 Å². The number of nitrogens with two attached hydrogens (primary N) is 1. The van der Waals surface area contributed by atoms with Gasteiger partial charge in [-0.3, -0.25) is 0 Å². The normalized spacial score (nSPS) is 10.9. The van der Waals surface area contributed by atoms with Gasteiger partial charge in [-0.1, -0.05) is 13.8 Å². The Morgan fingerprint density at radius 3 is 2.65 bits per heavy atom. The summed E-state index contributed by atoms with van der Waals surface area (Å²) < 4.78 is 2.00. The summed E-state index contributed by atoms with van der Waals surface area (Å²) >= 11 is 6.98. The number of hydrogen-bond donors (Lipinski definition) is 1. The van der Waals surface area contributed by atoms with E-state index in [4.69, 9.17) is 5.73 Å². The maximum absolute atomic E-state index is 5.58. The Hall–Kier alpha value is -0.130. The molecule has 0 atom stereocenters. The Labute approximate surface area is 120 Å². The van der Waals surface area contributed by atoms with Gasteiger partial charge in [0, 0.05) is 23.8 Å². The quantitative estimate of drug-likeness (QED) is 0.840. The first-order valence-corrected chi connectivity index (χ1v) is 7.39. The van der Waals surface area contributed by atoms with Gasteiger partial charge in [-0.15, -0.1) is 0 Å². The van der Waals surface area contributed by atoms with Crippen LogP contribution in [-0.2, 0) is 0 Å². The van der Waals surface area contributed by atoms with Crippen LogP contribution in [0.25, 0.3) is 0 Å². The first-order chi connectivity index (χ1) is 8.04. The van der Waals surface area contributed by atoms with Gasteiger partial charge in [-0.25, -0.2) is 4.98 Å². The third-order valence-corrected chi connectivity index (χ3v) is 3.32. The average molecular weight is 365 g/mol. The van der Waals surface area contributed by atoms with Crippen LogP contribution in [0.2, 0.25) is 0 Å². The predicted molar refractivity (Wildman–Crippen MR) is 80.4 cm³/mol. The third kappa shape index (κ3) is 4.94. The van der Waals surface area contributed by atoms with Crippen molar-refractivity contribution in [1.82, 2.24) is 4.98 Å². The van der Waals surface area contributed by atoms with Crippen molar-refractivity contribution in [3.63, 3.8) is 0 Å². The molecule has 0 aliphatic rings. The second kappa shape index (κ2) is 7.34. The van der Waals surface area contributed by atoms with Crippen molar-refractivity contribution in [3.8, 4) is 0 Å². The summed E-state index contributed by atoms with van der Waals surface area (Å²) in [5, 5.41) is 0. The lowest BCUT2D eigenvalue weighted by atomic mass is 10.2. The molecule has 2 N–H and O–H groups in total. The molecule has 1 rings (SSSR count). The highest BCUT2D eigenvalue weighted by atomic mass is 79.9. The van der Waals surface area contributed by atoms with Crippen LogP contribution >= 0.6 is 31.9 Å². The largest absolute Gasteiger partial charge is 0.355 e. The molecule has 0 aliphatic heterocycles. The molecule has 3 nitrogen and oxygen atoms in total. The van der Waals surface area contributed by atoms with Gasteiger partial charge < -0.3 is 10.6 Å². The molecule has 1 aromatic heterocycles. The molecule has 17 heavy (non-hydrogen) atoms. The molecule has 1 heterocycles. The molecule has 0 aromatic carbocycles. The molecule has 1 aromatic rings. The molecule has 0 radical (unpaired) electrons. The van der Waals surface area contributed by atoms with E-state index in [1.807, 2.05) is 12.3 Å². The summed E-state index contributed by atoms with van der Waals surface area (Å²) in [7, 11) is 0. The molecule has 0 bridgehead atoms. The monoisotopic (exact) mass is 363 g/mol. The van der Waals surface area contributed by atoms with E-state index in [1.165, 1.54) is 0 Å². The highest BCUT2D eigenvalue weighted by Crippen LogP contribution is 2.27. The van der Waals surface area contributed by atoms with E-state index in [2.05, 4.69) is 55.6 Å². The van der Waals surface area contributed by atoms with Crippen LogP contribution in [0, 0.1) is 5.92 Å². The van der Waals surface area contributed by atoms with Crippen LogP contribution in [0.3, 0.4) is 0 Å². The zero-order valence-corrected chi connectivity index (χ0v) is 13.5. The Bertz CT molecular complexity index is 356. The van der Waals surface area contributed by atoms with Crippen LogP contribution in [-0.4, -0.2) is 24.6 Å². The average Bonchev–Trinajstić information content (AvgIpc) is 2.24. The minimum Gasteiger partial charge on any atom is -0.355 e. The second-order valence-electron chi connectivity index (χ2n) is 4.44. The van der Waals surface area contributed by atoms with Crippen molar-refractivity contribution in [1.29, 1.82) is 0 Å². The van der Waals surface area contributed by atoms with Gasteiger partial charge in [-0.2, -0.15) is 0 Å². The summed E-state index contributed by atoms with van der Waals surface area (Å²) in [5.41, 5.74) is 5.58. The van der Waals surface area contributed by atoms with Gasteiger partial charge in [0.05, 0.1) is 4.47 Å². The minimum atomic E-state index is 0.602. The Balaban J connectivity index is 2.86. The maximum Gasteiger partial charge on any atom is 0.142 e. The van der Waals surface area contributed by atoms with E-state index >= 15 is 0 Å². The van der Waals surface area contributed by atoms with Gasteiger partial charge in [0.1, 0.15) is 5.82 Å². The molecular formula is C12H19Br2N3. The number of anilines is 1. The third-order valence-electron chi connectivity index (χ3n) is 2.31. The van der Waals surface area contributed by atoms with Gasteiger partial charge in [0.15, 0.2) is 0 Å². The van der Waals surface area contributed by atoms with Crippen LogP contribution in [0.1, 0.15) is 20.3 Å². The smallest absolute Gasteiger partial charge is 0.142 e. The van der Waals surface area contributed by atoms with Crippen molar-refractivity contribution in [2.24, 2.45) is 11.7 Å². The highest BCUT2D eigenvalue weighted by Gasteiger charge is 2.13. The SMILES string of the molecule is CC(C)CN(CCCN)c1ncc(Br)cc1Br. The lowest BCUT2D eigenvalue weighted by Crippen LogP contribution is -2.31. The van der Waals surface area contributed by atoms with Crippen molar-refractivity contribution in [2.75, 3.05) is 24.5 Å². The van der Waals surface area contributed by atoms with Gasteiger partial charge in [0.2, 0.25) is 0 Å². The lowest BCUT2D eigenvalue weighted by molar-refractivity contribution is 0.595. The molecule has 0 amide bonds. The number of rotatable bonds is 6. The van der Waals surface area contributed by atoms with E-state index in [0.717, 1.165) is 34.3 Å². The first kappa shape index (κ1) is 14.9. The first-order valence-electron chi connectivity index (χ1n) is 5.80. The molecule has 0 fully saturated rings. The fourth-order valence-electron chi connectivity index (χ4n) is 1.65. The molecular weight excluding hydrogens is 346 g/mol. The summed E-state index contributed by atoms with van der Waals surface area (Å²) in [6.45, 7) is 7.07. The van der Waals surface area contributed by atoms with Crippen LogP contribution in [0.15, 0.2) is 21.2 Å². The topological polar surface area (TPSA) is 42.1 Å². The number of nitrogens with zero attached hydrogens (tertiary/aromatic N) is 2. The minimum absolute atomic E-state index is 0.602. The summed E-state index contributed by atoms with van der Waals surface area (Å²) in [5.74, 6) is 1.60. The Morgan fingerprint density at radius 2 is 2.12 bits per heavy atom. The van der Waals surface area contributed by atoms with E-state index < -0.39 is 0 Å². The van der Waals surface area contributed by atoms with Crippen LogP contribution < -0.4 is 10.6 Å². The molecule has 0 spiro atoms. The fourth-order valence-corrected chi connectivity index (χ4v) is 2.88. The molecule has 0 saturated carbocycles. The summed E-state index contributed by atoms with van der Waals surface area (Å²) in [6, 6.07) is 2.03. The molecule has 96 valence electrons. The van der Waals surface area contributed by atoms with E-state index in [0.29, 0.717) is 12.5 Å². The number of pyridine rings is 1. The zero-order chi connectivity index (χ0) is 12.8. The number of hydrogen-bond acceptors (Lipinski definition) is 3. The fraction of sp³-hybridized carbons (Fsp3) is 0.583. The zero-order valence-electron chi connectivity index (χ0n) is 10.3. The van der Waals surface area contributed by atoms with Crippen molar-refractivity contribution in [2.45, 2.75) is 20.3 Å². The van der Waals surface area contributed by atoms with E-state index in [9.17, 15) is 0 Å². The molecule has 0 unspecified atom stereocenters. The number of halogens is 2. The van der Waals surface area contributed by atoms with Crippen molar-refractivity contribution < 1.29 is 0 Å². The molecule has 0 aliphatic carbocycles. The predicted octanol–water partition coefficient (Wildman–Crippen LogP) is 3.42. The van der Waals surface area contributed by atoms with Gasteiger partial charge in [0.25, 0.3) is 0 Å². The van der Waals surface area contributed by atoms with Gasteiger partial charge >= 0.3 is 0 Å². The Morgan fingerprint density at radius 1 is 1.41 bits per heavy atom. The van der Waals surface area contributed by atoms with Crippen LogP contribution in [0.5, 0.6) is 0 Å². The van der Waals surface area contributed by atoms with E-state index in [1.54, 1.807) is 0 Å². The molecule has 0 saturated heterocycles. The van der Waals surface area contributed by atoms with Crippen LogP contribution in [0.4, 0.5) is 5.82 Å². The molecule has 5 heteroatoms. The maximum atomic E-state index is 5.58.